The van der Waals surface area contributed by atoms with E-state index in [0.29, 0.717) is 26.1 Å². The maximum Gasteiger partial charge on any atom is 0.114 e. The number of nitrogens with two attached hydrogens (primary N) is 2. The molecule has 0 aromatic rings. The molecule has 0 rings (SSSR count). The van der Waals surface area contributed by atoms with Gasteiger partial charge in [0.1, 0.15) is 6.17 Å². The molecule has 0 fully saturated rings. The Bertz CT molecular complexity index is 138. The van der Waals surface area contributed by atoms with E-state index in [4.69, 9.17) is 11.5 Å². The van der Waals surface area contributed by atoms with Gasteiger partial charge in [-0.05, 0) is 52.0 Å². The molecular weight excluding hydrogens is 337 g/mol. The van der Waals surface area contributed by atoms with Crippen molar-refractivity contribution in [1.29, 1.82) is 0 Å². The summed E-state index contributed by atoms with van der Waals surface area (Å²) in [5.74, 6) is 0. The van der Waals surface area contributed by atoms with E-state index in [1.165, 1.54) is 0 Å². The van der Waals surface area contributed by atoms with E-state index in [2.05, 4.69) is 10.6 Å². The van der Waals surface area contributed by atoms with Crippen molar-refractivity contribution < 1.29 is 4.39 Å². The highest BCUT2D eigenvalue weighted by Gasteiger charge is 2.04. The van der Waals surface area contributed by atoms with Gasteiger partial charge in [0.05, 0.1) is 0 Å². The van der Waals surface area contributed by atoms with E-state index in [9.17, 15) is 4.39 Å². The Labute approximate surface area is 141 Å². The molecule has 1 atom stereocenters. The van der Waals surface area contributed by atoms with Crippen LogP contribution in [0.2, 0.25) is 0 Å². The average Bonchev–Trinajstić information content (AvgIpc) is 2.24. The number of alkyl halides is 1. The summed E-state index contributed by atoms with van der Waals surface area (Å²) >= 11 is 0. The van der Waals surface area contributed by atoms with Crippen molar-refractivity contribution in [1.82, 2.24) is 10.6 Å². The molecule has 4 nitrogen and oxygen atoms in total. The second kappa shape index (κ2) is 27.3. The second-order valence-corrected chi connectivity index (χ2v) is 3.62. The van der Waals surface area contributed by atoms with Crippen LogP contribution in [0.4, 0.5) is 4.39 Å². The van der Waals surface area contributed by atoms with Gasteiger partial charge in [0.2, 0.25) is 0 Å². The predicted octanol–water partition coefficient (Wildman–Crippen LogP) is 1.28. The largest absolute Gasteiger partial charge is 0.330 e. The molecule has 0 saturated heterocycles. The van der Waals surface area contributed by atoms with E-state index in [-0.39, 0.29) is 49.6 Å². The SMILES string of the molecule is Cl.Cl.Cl.Cl.NCCCNCCC(F)CNCCCN. The third-order valence-electron chi connectivity index (χ3n) is 2.12. The molecule has 1 unspecified atom stereocenters. The van der Waals surface area contributed by atoms with Crippen molar-refractivity contribution in [3.8, 4) is 0 Å². The lowest BCUT2D eigenvalue weighted by atomic mass is 10.2. The van der Waals surface area contributed by atoms with Crippen molar-refractivity contribution in [2.24, 2.45) is 11.5 Å². The van der Waals surface area contributed by atoms with Crippen molar-refractivity contribution in [2.75, 3.05) is 39.3 Å². The Morgan fingerprint density at radius 2 is 1.26 bits per heavy atom. The highest BCUT2D eigenvalue weighted by molar-refractivity contribution is 5.86. The van der Waals surface area contributed by atoms with E-state index in [0.717, 1.165) is 32.5 Å². The molecule has 124 valence electrons. The molecule has 0 aliphatic rings. The Balaban J connectivity index is -0.000000163. The molecule has 0 aromatic heterocycles. The zero-order chi connectivity index (χ0) is 11.4. The molecule has 0 saturated carbocycles. The van der Waals surface area contributed by atoms with Gasteiger partial charge in [-0.15, -0.1) is 49.6 Å². The van der Waals surface area contributed by atoms with E-state index in [1.807, 2.05) is 0 Å². The molecule has 0 amide bonds. The zero-order valence-electron chi connectivity index (χ0n) is 11.1. The van der Waals surface area contributed by atoms with Crippen LogP contribution in [0.3, 0.4) is 0 Å². The molecule has 19 heavy (non-hydrogen) atoms. The molecule has 0 aromatic carbocycles. The first kappa shape index (κ1) is 32.0. The average molecular weight is 366 g/mol. The molecular formula is C10H29Cl4FN4. The molecule has 0 radical (unpaired) electrons. The predicted molar refractivity (Wildman–Crippen MR) is 91.6 cm³/mol. The summed E-state index contributed by atoms with van der Waals surface area (Å²) in [5, 5.41) is 6.19. The third kappa shape index (κ3) is 28.0. The van der Waals surface area contributed by atoms with Gasteiger partial charge < -0.3 is 22.1 Å². The minimum absolute atomic E-state index is 0. The van der Waals surface area contributed by atoms with Gasteiger partial charge in [-0.3, -0.25) is 0 Å². The first-order valence-electron chi connectivity index (χ1n) is 5.77. The molecule has 0 aliphatic carbocycles. The smallest absolute Gasteiger partial charge is 0.114 e. The maximum absolute atomic E-state index is 13.2. The van der Waals surface area contributed by atoms with Crippen LogP contribution in [0.5, 0.6) is 0 Å². The topological polar surface area (TPSA) is 76.1 Å². The number of hydrogen-bond donors (Lipinski definition) is 4. The quantitative estimate of drug-likeness (QED) is 0.416. The lowest BCUT2D eigenvalue weighted by Crippen LogP contribution is -2.29. The normalized spacial score (nSPS) is 10.3. The maximum atomic E-state index is 13.2. The Morgan fingerprint density at radius 1 is 0.789 bits per heavy atom. The van der Waals surface area contributed by atoms with Gasteiger partial charge in [-0.1, -0.05) is 0 Å². The minimum Gasteiger partial charge on any atom is -0.330 e. The Morgan fingerprint density at radius 3 is 1.74 bits per heavy atom. The van der Waals surface area contributed by atoms with Crippen LogP contribution in [0, 0.1) is 0 Å². The summed E-state index contributed by atoms with van der Waals surface area (Å²) < 4.78 is 13.2. The van der Waals surface area contributed by atoms with Crippen molar-refractivity contribution in [2.45, 2.75) is 25.4 Å². The summed E-state index contributed by atoms with van der Waals surface area (Å²) in [4.78, 5) is 0. The zero-order valence-corrected chi connectivity index (χ0v) is 14.4. The molecule has 0 bridgehead atoms. The van der Waals surface area contributed by atoms with Crippen molar-refractivity contribution in [3.63, 3.8) is 0 Å². The van der Waals surface area contributed by atoms with Gasteiger partial charge in [0, 0.05) is 6.54 Å². The summed E-state index contributed by atoms with van der Waals surface area (Å²) in [6, 6.07) is 0. The summed E-state index contributed by atoms with van der Waals surface area (Å²) in [7, 11) is 0. The van der Waals surface area contributed by atoms with Gasteiger partial charge in [-0.2, -0.15) is 0 Å². The van der Waals surface area contributed by atoms with Crippen LogP contribution < -0.4 is 22.1 Å². The fraction of sp³-hybridized carbons (Fsp3) is 1.00. The highest BCUT2D eigenvalue weighted by atomic mass is 35.5. The molecule has 0 aliphatic heterocycles. The fourth-order valence-corrected chi connectivity index (χ4v) is 1.20. The Kier molecular flexibility index (Phi) is 46.0. The second-order valence-electron chi connectivity index (χ2n) is 3.62. The summed E-state index contributed by atoms with van der Waals surface area (Å²) in [6.45, 7) is 4.18. The van der Waals surface area contributed by atoms with E-state index < -0.39 is 6.17 Å². The molecule has 6 N–H and O–H groups in total. The monoisotopic (exact) mass is 364 g/mol. The van der Waals surface area contributed by atoms with Crippen LogP contribution in [0.15, 0.2) is 0 Å². The van der Waals surface area contributed by atoms with E-state index in [1.54, 1.807) is 0 Å². The standard InChI is InChI=1S/C10H25FN4.4ClH/c11-10(9-15-7-2-5-13)3-8-14-6-1-4-12;;;;/h10,14-15H,1-9,12-13H2;4*1H. The van der Waals surface area contributed by atoms with Gasteiger partial charge in [0.25, 0.3) is 0 Å². The van der Waals surface area contributed by atoms with Crippen molar-refractivity contribution in [3.05, 3.63) is 0 Å². The first-order chi connectivity index (χ1) is 7.31. The lowest BCUT2D eigenvalue weighted by molar-refractivity contribution is 0.298. The van der Waals surface area contributed by atoms with Crippen LogP contribution in [0.1, 0.15) is 19.3 Å². The van der Waals surface area contributed by atoms with Crippen LogP contribution in [-0.2, 0) is 0 Å². The summed E-state index contributed by atoms with van der Waals surface area (Å²) in [6.07, 6.45) is 1.64. The number of nitrogens with one attached hydrogen (secondary N) is 2. The van der Waals surface area contributed by atoms with Gasteiger partial charge in [-0.25, -0.2) is 4.39 Å². The van der Waals surface area contributed by atoms with Gasteiger partial charge >= 0.3 is 0 Å². The number of rotatable bonds is 11. The highest BCUT2D eigenvalue weighted by Crippen LogP contribution is 1.94. The number of hydrogen-bond acceptors (Lipinski definition) is 4. The molecule has 0 spiro atoms. The van der Waals surface area contributed by atoms with Gasteiger partial charge in [0.15, 0.2) is 0 Å². The Hall–Kier alpha value is 0.930. The first-order valence-corrected chi connectivity index (χ1v) is 5.77. The number of halogens is 5. The molecule has 9 heteroatoms. The lowest BCUT2D eigenvalue weighted by Gasteiger charge is -2.10. The molecule has 0 heterocycles. The minimum atomic E-state index is -0.770. The fourth-order valence-electron chi connectivity index (χ4n) is 1.20. The third-order valence-corrected chi connectivity index (χ3v) is 2.12. The summed E-state index contributed by atoms with van der Waals surface area (Å²) in [5.41, 5.74) is 10.6. The van der Waals surface area contributed by atoms with Crippen LogP contribution in [0.25, 0.3) is 0 Å². The van der Waals surface area contributed by atoms with Crippen LogP contribution in [-0.4, -0.2) is 45.4 Å². The van der Waals surface area contributed by atoms with E-state index >= 15 is 0 Å². The van der Waals surface area contributed by atoms with Crippen molar-refractivity contribution >= 4 is 49.6 Å². The van der Waals surface area contributed by atoms with Crippen LogP contribution >= 0.6 is 49.6 Å².